The van der Waals surface area contributed by atoms with Crippen molar-refractivity contribution in [3.05, 3.63) is 35.6 Å². The van der Waals surface area contributed by atoms with E-state index >= 15 is 0 Å². The maximum absolute atomic E-state index is 12.8. The molecule has 0 heterocycles. The Morgan fingerprint density at radius 1 is 1.11 bits per heavy atom. The van der Waals surface area contributed by atoms with Crippen molar-refractivity contribution in [1.82, 2.24) is 0 Å². The summed E-state index contributed by atoms with van der Waals surface area (Å²) in [7, 11) is 0. The van der Waals surface area contributed by atoms with Gasteiger partial charge in [0.1, 0.15) is 5.82 Å². The summed E-state index contributed by atoms with van der Waals surface area (Å²) in [4.78, 5) is 0. The van der Waals surface area contributed by atoms with Gasteiger partial charge in [-0.25, -0.2) is 4.39 Å². The number of rotatable bonds is 2. The molecule has 1 aromatic rings. The van der Waals surface area contributed by atoms with E-state index in [0.29, 0.717) is 19.3 Å². The van der Waals surface area contributed by atoms with Crippen LogP contribution in [0.4, 0.5) is 17.6 Å². The zero-order valence-corrected chi connectivity index (χ0v) is 10.5. The summed E-state index contributed by atoms with van der Waals surface area (Å²) in [5.41, 5.74) is 6.45. The van der Waals surface area contributed by atoms with Crippen LogP contribution in [0, 0.1) is 11.7 Å². The third kappa shape index (κ3) is 3.69. The molecule has 0 aliphatic heterocycles. The Balaban J connectivity index is 1.96. The predicted molar refractivity (Wildman–Crippen MR) is 65.0 cm³/mol. The second kappa shape index (κ2) is 5.12. The summed E-state index contributed by atoms with van der Waals surface area (Å²) < 4.78 is 50.5. The van der Waals surface area contributed by atoms with Gasteiger partial charge in [-0.3, -0.25) is 0 Å². The maximum Gasteiger partial charge on any atom is 0.391 e. The largest absolute Gasteiger partial charge is 0.391 e. The summed E-state index contributed by atoms with van der Waals surface area (Å²) in [6.45, 7) is 0. The fourth-order valence-corrected chi connectivity index (χ4v) is 2.71. The van der Waals surface area contributed by atoms with Crippen LogP contribution < -0.4 is 5.73 Å². The Labute approximate surface area is 109 Å². The highest BCUT2D eigenvalue weighted by Gasteiger charge is 2.44. The molecule has 5 heteroatoms. The molecule has 0 bridgehead atoms. The normalized spacial score (nSPS) is 28.4. The van der Waals surface area contributed by atoms with Crippen LogP contribution in [-0.2, 0) is 6.42 Å². The zero-order valence-electron chi connectivity index (χ0n) is 10.5. The number of nitrogens with two attached hydrogens (primary N) is 1. The van der Waals surface area contributed by atoms with Crippen LogP contribution in [-0.4, -0.2) is 11.7 Å². The van der Waals surface area contributed by atoms with Gasteiger partial charge >= 0.3 is 6.18 Å². The zero-order chi connectivity index (χ0) is 14.1. The minimum atomic E-state index is -4.11. The average Bonchev–Trinajstić information content (AvgIpc) is 2.31. The van der Waals surface area contributed by atoms with Crippen molar-refractivity contribution in [2.24, 2.45) is 11.7 Å². The molecular formula is C14H17F4N. The first kappa shape index (κ1) is 14.3. The van der Waals surface area contributed by atoms with Crippen LogP contribution in [0.1, 0.15) is 31.2 Å². The number of alkyl halides is 3. The van der Waals surface area contributed by atoms with Gasteiger partial charge < -0.3 is 5.73 Å². The average molecular weight is 275 g/mol. The molecule has 1 aliphatic carbocycles. The molecule has 19 heavy (non-hydrogen) atoms. The van der Waals surface area contributed by atoms with E-state index in [4.69, 9.17) is 5.73 Å². The monoisotopic (exact) mass is 275 g/mol. The van der Waals surface area contributed by atoms with E-state index in [0.717, 1.165) is 5.56 Å². The number of halogens is 4. The Morgan fingerprint density at radius 3 is 2.11 bits per heavy atom. The molecule has 0 unspecified atom stereocenters. The van der Waals surface area contributed by atoms with Gasteiger partial charge in [0.15, 0.2) is 0 Å². The number of hydrogen-bond acceptors (Lipinski definition) is 1. The molecule has 0 atom stereocenters. The molecule has 1 aliphatic rings. The highest BCUT2D eigenvalue weighted by molar-refractivity contribution is 5.19. The van der Waals surface area contributed by atoms with Gasteiger partial charge in [-0.1, -0.05) is 12.1 Å². The second-order valence-corrected chi connectivity index (χ2v) is 5.48. The minimum Gasteiger partial charge on any atom is -0.325 e. The van der Waals surface area contributed by atoms with Crippen molar-refractivity contribution < 1.29 is 17.6 Å². The van der Waals surface area contributed by atoms with E-state index in [-0.39, 0.29) is 18.7 Å². The molecule has 0 spiro atoms. The standard InChI is InChI=1S/C14H17F4N/c15-12-3-1-10(2-4-12)9-13(19)7-5-11(6-8-13)14(16,17)18/h1-4,11H,5-9,19H2. The fraction of sp³-hybridized carbons (Fsp3) is 0.571. The van der Waals surface area contributed by atoms with Gasteiger partial charge in [0.05, 0.1) is 5.92 Å². The maximum atomic E-state index is 12.8. The summed E-state index contributed by atoms with van der Waals surface area (Å²) in [5, 5.41) is 0. The van der Waals surface area contributed by atoms with Crippen LogP contribution in [0.3, 0.4) is 0 Å². The van der Waals surface area contributed by atoms with Gasteiger partial charge in [-0.2, -0.15) is 13.2 Å². The first-order chi connectivity index (χ1) is 8.78. The Kier molecular flexibility index (Phi) is 3.85. The lowest BCUT2D eigenvalue weighted by Crippen LogP contribution is -2.47. The summed E-state index contributed by atoms with van der Waals surface area (Å²) in [5.74, 6) is -1.55. The van der Waals surface area contributed by atoms with E-state index in [2.05, 4.69) is 0 Å². The van der Waals surface area contributed by atoms with E-state index < -0.39 is 17.6 Å². The molecule has 2 rings (SSSR count). The van der Waals surface area contributed by atoms with Gasteiger partial charge in [0.25, 0.3) is 0 Å². The quantitative estimate of drug-likeness (QED) is 0.816. The van der Waals surface area contributed by atoms with Gasteiger partial charge in [0, 0.05) is 5.54 Å². The molecule has 0 amide bonds. The SMILES string of the molecule is NC1(Cc2ccc(F)cc2)CCC(C(F)(F)F)CC1. The lowest BCUT2D eigenvalue weighted by molar-refractivity contribution is -0.184. The smallest absolute Gasteiger partial charge is 0.325 e. The van der Waals surface area contributed by atoms with Gasteiger partial charge in [-0.05, 0) is 49.8 Å². The molecule has 1 nitrogen and oxygen atoms in total. The topological polar surface area (TPSA) is 26.0 Å². The van der Waals surface area contributed by atoms with Crippen LogP contribution in [0.25, 0.3) is 0 Å². The van der Waals surface area contributed by atoms with Gasteiger partial charge in [-0.15, -0.1) is 0 Å². The van der Waals surface area contributed by atoms with Crippen molar-refractivity contribution in [2.45, 2.75) is 43.8 Å². The molecule has 0 aromatic heterocycles. The van der Waals surface area contributed by atoms with E-state index in [9.17, 15) is 17.6 Å². The Bertz CT molecular complexity index is 416. The van der Waals surface area contributed by atoms with Crippen LogP contribution >= 0.6 is 0 Å². The van der Waals surface area contributed by atoms with E-state index in [1.807, 2.05) is 0 Å². The highest BCUT2D eigenvalue weighted by Crippen LogP contribution is 2.41. The number of benzene rings is 1. The molecule has 0 radical (unpaired) electrons. The predicted octanol–water partition coefficient (Wildman–Crippen LogP) is 3.82. The van der Waals surface area contributed by atoms with Crippen molar-refractivity contribution in [2.75, 3.05) is 0 Å². The first-order valence-electron chi connectivity index (χ1n) is 6.39. The summed E-state index contributed by atoms with van der Waals surface area (Å²) >= 11 is 0. The molecule has 2 N–H and O–H groups in total. The van der Waals surface area contributed by atoms with Crippen LogP contribution in [0.2, 0.25) is 0 Å². The molecule has 1 aromatic carbocycles. The highest BCUT2D eigenvalue weighted by atomic mass is 19.4. The van der Waals surface area contributed by atoms with Crippen molar-refractivity contribution >= 4 is 0 Å². The van der Waals surface area contributed by atoms with E-state index in [1.165, 1.54) is 12.1 Å². The van der Waals surface area contributed by atoms with Gasteiger partial charge in [0.2, 0.25) is 0 Å². The summed E-state index contributed by atoms with van der Waals surface area (Å²) in [6.07, 6.45) is -2.74. The lowest BCUT2D eigenvalue weighted by atomic mass is 9.74. The van der Waals surface area contributed by atoms with Crippen molar-refractivity contribution in [3.63, 3.8) is 0 Å². The molecular weight excluding hydrogens is 258 g/mol. The lowest BCUT2D eigenvalue weighted by Gasteiger charge is -2.38. The minimum absolute atomic E-state index is 0.0845. The third-order valence-corrected chi connectivity index (χ3v) is 3.91. The third-order valence-electron chi connectivity index (χ3n) is 3.91. The van der Waals surface area contributed by atoms with Crippen LogP contribution in [0.5, 0.6) is 0 Å². The summed E-state index contributed by atoms with van der Waals surface area (Å²) in [6, 6.07) is 5.97. The first-order valence-corrected chi connectivity index (χ1v) is 6.39. The Morgan fingerprint density at radius 2 is 1.63 bits per heavy atom. The second-order valence-electron chi connectivity index (χ2n) is 5.48. The van der Waals surface area contributed by atoms with E-state index in [1.54, 1.807) is 12.1 Å². The molecule has 106 valence electrons. The van der Waals surface area contributed by atoms with Crippen molar-refractivity contribution in [3.8, 4) is 0 Å². The number of hydrogen-bond donors (Lipinski definition) is 1. The fourth-order valence-electron chi connectivity index (χ4n) is 2.71. The molecule has 0 saturated heterocycles. The Hall–Kier alpha value is -1.10. The van der Waals surface area contributed by atoms with Crippen molar-refractivity contribution in [1.29, 1.82) is 0 Å². The molecule has 1 saturated carbocycles. The van der Waals surface area contributed by atoms with Crippen LogP contribution in [0.15, 0.2) is 24.3 Å². The molecule has 1 fully saturated rings.